The van der Waals surface area contributed by atoms with Crippen LogP contribution in [0.25, 0.3) is 0 Å². The van der Waals surface area contributed by atoms with Crippen LogP contribution < -0.4 is 5.73 Å². The molecule has 0 saturated carbocycles. The third-order valence-corrected chi connectivity index (χ3v) is 0.999. The average Bonchev–Trinajstić information content (AvgIpc) is 1.89. The van der Waals surface area contributed by atoms with Gasteiger partial charge in [-0.05, 0) is 19.9 Å². The highest BCUT2D eigenvalue weighted by molar-refractivity contribution is 5.74. The van der Waals surface area contributed by atoms with E-state index in [0.717, 1.165) is 0 Å². The Balaban J connectivity index is 3.49. The normalized spacial score (nSPS) is 12.7. The van der Waals surface area contributed by atoms with Crippen LogP contribution in [0.2, 0.25) is 0 Å². The Morgan fingerprint density at radius 2 is 2.40 bits per heavy atom. The summed E-state index contributed by atoms with van der Waals surface area (Å²) in [4.78, 5) is 10.6. The second-order valence-corrected chi connectivity index (χ2v) is 1.85. The summed E-state index contributed by atoms with van der Waals surface area (Å²) in [6, 6.07) is 0. The lowest BCUT2D eigenvalue weighted by Gasteiger charge is -2.06. The van der Waals surface area contributed by atoms with E-state index in [1.807, 2.05) is 0 Å². The first kappa shape index (κ1) is 9.39. The molecular formula is C6H13NO3. The number of hydrogen-bond donors (Lipinski definition) is 2. The fraction of sp³-hybridized carbons (Fsp3) is 0.833. The summed E-state index contributed by atoms with van der Waals surface area (Å²) in [5.41, 5.74) is 5.10. The molecule has 0 saturated heterocycles. The molecule has 0 radical (unpaired) electrons. The number of ether oxygens (including phenoxy) is 1. The van der Waals surface area contributed by atoms with Gasteiger partial charge in [-0.15, -0.1) is 0 Å². The first-order chi connectivity index (χ1) is 4.72. The van der Waals surface area contributed by atoms with E-state index in [1.54, 1.807) is 6.92 Å². The van der Waals surface area contributed by atoms with Crippen molar-refractivity contribution in [3.63, 3.8) is 0 Å². The van der Waals surface area contributed by atoms with E-state index in [2.05, 4.69) is 4.74 Å². The van der Waals surface area contributed by atoms with Crippen molar-refractivity contribution >= 4 is 5.97 Å². The number of esters is 1. The van der Waals surface area contributed by atoms with Crippen molar-refractivity contribution in [3.05, 3.63) is 0 Å². The molecule has 0 spiro atoms. The van der Waals surface area contributed by atoms with Crippen molar-refractivity contribution in [3.8, 4) is 0 Å². The third-order valence-electron chi connectivity index (χ3n) is 0.999. The van der Waals surface area contributed by atoms with E-state index >= 15 is 0 Å². The van der Waals surface area contributed by atoms with Crippen LogP contribution in [0.1, 0.15) is 13.3 Å². The topological polar surface area (TPSA) is 72.5 Å². The van der Waals surface area contributed by atoms with Crippen molar-refractivity contribution < 1.29 is 14.6 Å². The van der Waals surface area contributed by atoms with Crippen LogP contribution in [-0.2, 0) is 9.53 Å². The van der Waals surface area contributed by atoms with Crippen LogP contribution in [0.5, 0.6) is 0 Å². The molecule has 0 heterocycles. The molecule has 0 aliphatic carbocycles. The van der Waals surface area contributed by atoms with Crippen molar-refractivity contribution in [1.29, 1.82) is 0 Å². The molecule has 0 amide bonds. The van der Waals surface area contributed by atoms with E-state index < -0.39 is 12.1 Å². The molecule has 0 aromatic rings. The quantitative estimate of drug-likeness (QED) is 0.514. The van der Waals surface area contributed by atoms with Gasteiger partial charge in [0.1, 0.15) is 0 Å². The molecule has 3 N–H and O–H groups in total. The maximum Gasteiger partial charge on any atom is 0.334 e. The second-order valence-electron chi connectivity index (χ2n) is 1.85. The minimum atomic E-state index is -1.05. The molecule has 10 heavy (non-hydrogen) atoms. The van der Waals surface area contributed by atoms with Crippen LogP contribution >= 0.6 is 0 Å². The van der Waals surface area contributed by atoms with Crippen LogP contribution in [0.15, 0.2) is 0 Å². The van der Waals surface area contributed by atoms with Gasteiger partial charge < -0.3 is 15.6 Å². The summed E-state index contributed by atoms with van der Waals surface area (Å²) in [7, 11) is 0. The van der Waals surface area contributed by atoms with E-state index in [0.29, 0.717) is 13.2 Å². The first-order valence-corrected chi connectivity index (χ1v) is 3.27. The van der Waals surface area contributed by atoms with Gasteiger partial charge in [0.15, 0.2) is 6.10 Å². The van der Waals surface area contributed by atoms with E-state index in [1.165, 1.54) is 0 Å². The smallest absolute Gasteiger partial charge is 0.334 e. The lowest BCUT2D eigenvalue weighted by atomic mass is 10.2. The minimum absolute atomic E-state index is 0.263. The van der Waals surface area contributed by atoms with Crippen LogP contribution in [0.3, 0.4) is 0 Å². The van der Waals surface area contributed by atoms with Gasteiger partial charge in [0.05, 0.1) is 6.61 Å². The van der Waals surface area contributed by atoms with Crippen molar-refractivity contribution in [2.24, 2.45) is 5.73 Å². The number of hydrogen-bond acceptors (Lipinski definition) is 4. The average molecular weight is 147 g/mol. The summed E-state index contributed by atoms with van der Waals surface area (Å²) in [5, 5.41) is 8.89. The molecule has 1 atom stereocenters. The van der Waals surface area contributed by atoms with Gasteiger partial charge in [-0.2, -0.15) is 0 Å². The minimum Gasteiger partial charge on any atom is -0.464 e. The zero-order valence-electron chi connectivity index (χ0n) is 6.04. The van der Waals surface area contributed by atoms with E-state index in [4.69, 9.17) is 10.8 Å². The number of aliphatic hydroxyl groups is 1. The van der Waals surface area contributed by atoms with Gasteiger partial charge in [-0.25, -0.2) is 4.79 Å². The maximum atomic E-state index is 10.6. The summed E-state index contributed by atoms with van der Waals surface area (Å²) in [5.74, 6) is -0.590. The molecule has 0 bridgehead atoms. The Hall–Kier alpha value is -0.610. The molecule has 4 heteroatoms. The Morgan fingerprint density at radius 3 is 2.80 bits per heavy atom. The molecule has 60 valence electrons. The highest BCUT2D eigenvalue weighted by Crippen LogP contribution is 1.92. The lowest BCUT2D eigenvalue weighted by molar-refractivity contribution is -0.153. The predicted octanol–water partition coefficient (Wildman–Crippen LogP) is -0.741. The van der Waals surface area contributed by atoms with Gasteiger partial charge >= 0.3 is 5.97 Å². The van der Waals surface area contributed by atoms with Crippen molar-refractivity contribution in [2.45, 2.75) is 19.4 Å². The third kappa shape index (κ3) is 3.42. The number of nitrogens with two attached hydrogens (primary N) is 1. The van der Waals surface area contributed by atoms with Crippen molar-refractivity contribution in [1.82, 2.24) is 0 Å². The van der Waals surface area contributed by atoms with E-state index in [-0.39, 0.29) is 6.42 Å². The number of rotatable bonds is 4. The molecule has 0 aliphatic heterocycles. The van der Waals surface area contributed by atoms with Gasteiger partial charge in [-0.1, -0.05) is 0 Å². The van der Waals surface area contributed by atoms with E-state index in [9.17, 15) is 4.79 Å². The Morgan fingerprint density at radius 1 is 1.80 bits per heavy atom. The fourth-order valence-corrected chi connectivity index (χ4v) is 0.514. The summed E-state index contributed by atoms with van der Waals surface area (Å²) < 4.78 is 4.51. The summed E-state index contributed by atoms with van der Waals surface area (Å²) in [6.07, 6.45) is -0.788. The molecule has 0 aliphatic rings. The molecule has 0 unspecified atom stereocenters. The number of aliphatic hydroxyl groups excluding tert-OH is 1. The second kappa shape index (κ2) is 5.20. The predicted molar refractivity (Wildman–Crippen MR) is 36.3 cm³/mol. The zero-order chi connectivity index (χ0) is 7.98. The van der Waals surface area contributed by atoms with Gasteiger partial charge in [0.25, 0.3) is 0 Å². The fourth-order valence-electron chi connectivity index (χ4n) is 0.514. The summed E-state index contributed by atoms with van der Waals surface area (Å²) in [6.45, 7) is 2.27. The largest absolute Gasteiger partial charge is 0.464 e. The SMILES string of the molecule is CCOC(=O)[C@@H](O)CCN. The Bertz CT molecular complexity index is 105. The van der Waals surface area contributed by atoms with Gasteiger partial charge in [0, 0.05) is 0 Å². The molecule has 0 aromatic heterocycles. The highest BCUT2D eigenvalue weighted by Gasteiger charge is 2.13. The van der Waals surface area contributed by atoms with Gasteiger partial charge in [-0.3, -0.25) is 0 Å². The maximum absolute atomic E-state index is 10.6. The monoisotopic (exact) mass is 147 g/mol. The highest BCUT2D eigenvalue weighted by atomic mass is 16.5. The molecule has 4 nitrogen and oxygen atoms in total. The lowest BCUT2D eigenvalue weighted by Crippen LogP contribution is -2.25. The Labute approximate surface area is 60.0 Å². The molecular weight excluding hydrogens is 134 g/mol. The Kier molecular flexibility index (Phi) is 4.88. The first-order valence-electron chi connectivity index (χ1n) is 3.27. The van der Waals surface area contributed by atoms with Crippen LogP contribution in [0.4, 0.5) is 0 Å². The molecule has 0 fully saturated rings. The van der Waals surface area contributed by atoms with Crippen LogP contribution in [-0.4, -0.2) is 30.3 Å². The van der Waals surface area contributed by atoms with Crippen molar-refractivity contribution in [2.75, 3.05) is 13.2 Å². The standard InChI is InChI=1S/C6H13NO3/c1-2-10-6(9)5(8)3-4-7/h5,8H,2-4,7H2,1H3/t5-/m0/s1. The summed E-state index contributed by atoms with van der Waals surface area (Å²) >= 11 is 0. The number of carbonyl (C=O) groups excluding carboxylic acids is 1. The van der Waals surface area contributed by atoms with Crippen LogP contribution in [0, 0.1) is 0 Å². The molecule has 0 rings (SSSR count). The zero-order valence-corrected chi connectivity index (χ0v) is 6.04. The number of carbonyl (C=O) groups is 1. The van der Waals surface area contributed by atoms with Gasteiger partial charge in [0.2, 0.25) is 0 Å². The molecule has 0 aromatic carbocycles.